The van der Waals surface area contributed by atoms with E-state index in [0.717, 1.165) is 42.7 Å². The quantitative estimate of drug-likeness (QED) is 0.858. The number of hydrogen-bond donors (Lipinski definition) is 1. The molecule has 150 valence electrons. The van der Waals surface area contributed by atoms with Crippen LogP contribution in [0.1, 0.15) is 42.9 Å². The monoisotopic (exact) mass is 393 g/mol. The number of hydrogen-bond acceptors (Lipinski definition) is 3. The van der Waals surface area contributed by atoms with Gasteiger partial charge in [0.2, 0.25) is 11.8 Å². The van der Waals surface area contributed by atoms with E-state index >= 15 is 0 Å². The van der Waals surface area contributed by atoms with Crippen LogP contribution in [-0.2, 0) is 9.59 Å². The highest BCUT2D eigenvalue weighted by Crippen LogP contribution is 2.33. The predicted octanol–water partition coefficient (Wildman–Crippen LogP) is 2.97. The average Bonchev–Trinajstić information content (AvgIpc) is 2.95. The molecule has 0 spiro atoms. The molecule has 1 aromatic carbocycles. The number of piperidine rings is 1. The van der Waals surface area contributed by atoms with Gasteiger partial charge in [0.15, 0.2) is 0 Å². The Labute approximate surface area is 168 Å². The van der Waals surface area contributed by atoms with Gasteiger partial charge in [0, 0.05) is 37.8 Å². The average molecular weight is 394 g/mol. The first kappa shape index (κ1) is 21.7. The summed E-state index contributed by atoms with van der Waals surface area (Å²) in [6.45, 7) is 10.2. The summed E-state index contributed by atoms with van der Waals surface area (Å²) in [7, 11) is 0. The second kappa shape index (κ2) is 8.61. The molecule has 2 N–H and O–H groups in total. The van der Waals surface area contributed by atoms with E-state index in [4.69, 9.17) is 5.73 Å². The van der Waals surface area contributed by atoms with E-state index in [1.54, 1.807) is 0 Å². The van der Waals surface area contributed by atoms with Gasteiger partial charge in [-0.15, -0.1) is 12.4 Å². The van der Waals surface area contributed by atoms with Crippen LogP contribution in [0.2, 0.25) is 0 Å². The number of nitrogens with zero attached hydrogens (tertiary/aromatic N) is 2. The Hall–Kier alpha value is -1.59. The second-order valence-corrected chi connectivity index (χ2v) is 8.17. The maximum absolute atomic E-state index is 12.9. The molecule has 0 saturated carbocycles. The molecule has 6 heteroatoms. The molecule has 0 aromatic heterocycles. The van der Waals surface area contributed by atoms with Crippen LogP contribution in [0.3, 0.4) is 0 Å². The zero-order valence-corrected chi connectivity index (χ0v) is 17.6. The van der Waals surface area contributed by atoms with Crippen molar-refractivity contribution in [3.8, 4) is 0 Å². The minimum Gasteiger partial charge on any atom is -0.342 e. The van der Waals surface area contributed by atoms with E-state index in [-0.39, 0.29) is 36.2 Å². The molecule has 1 aromatic rings. The largest absolute Gasteiger partial charge is 0.342 e. The van der Waals surface area contributed by atoms with E-state index in [0.29, 0.717) is 18.9 Å². The zero-order chi connectivity index (χ0) is 19.0. The molecule has 2 unspecified atom stereocenters. The summed E-state index contributed by atoms with van der Waals surface area (Å²) in [6.07, 6.45) is 2.24. The Balaban J connectivity index is 0.00000261. The van der Waals surface area contributed by atoms with Crippen LogP contribution in [0, 0.1) is 32.6 Å². The number of amides is 2. The van der Waals surface area contributed by atoms with Crippen LogP contribution in [-0.4, -0.2) is 42.4 Å². The fourth-order valence-corrected chi connectivity index (χ4v) is 4.59. The number of anilines is 1. The molecular weight excluding hydrogens is 362 g/mol. The van der Waals surface area contributed by atoms with Gasteiger partial charge < -0.3 is 15.5 Å². The molecule has 2 fully saturated rings. The van der Waals surface area contributed by atoms with Crippen molar-refractivity contribution in [1.29, 1.82) is 0 Å². The third-order valence-corrected chi connectivity index (χ3v) is 5.97. The standard InChI is InChI=1S/C21H31N3O2.ClH/c1-13-9-14(2)20(15(3)10-13)24-12-18(11-19(24)25)21(26)23-7-5-17(6-8-23)16(4)22;/h9-10,16-18H,5-8,11-12,22H2,1-4H3;1H. The van der Waals surface area contributed by atoms with Gasteiger partial charge in [0.1, 0.15) is 0 Å². The van der Waals surface area contributed by atoms with Gasteiger partial charge in [-0.2, -0.15) is 0 Å². The topological polar surface area (TPSA) is 66.6 Å². The van der Waals surface area contributed by atoms with E-state index < -0.39 is 0 Å². The van der Waals surface area contributed by atoms with Gasteiger partial charge in [-0.3, -0.25) is 9.59 Å². The van der Waals surface area contributed by atoms with Gasteiger partial charge in [-0.05, 0) is 57.6 Å². The zero-order valence-electron chi connectivity index (χ0n) is 16.8. The van der Waals surface area contributed by atoms with E-state index in [9.17, 15) is 9.59 Å². The number of carbonyl (C=O) groups is 2. The number of benzene rings is 1. The number of rotatable bonds is 3. The van der Waals surface area contributed by atoms with Crippen LogP contribution in [0.25, 0.3) is 0 Å². The summed E-state index contributed by atoms with van der Waals surface area (Å²) in [5, 5.41) is 0. The van der Waals surface area contributed by atoms with Crippen LogP contribution in [0.15, 0.2) is 12.1 Å². The number of halogens is 1. The smallest absolute Gasteiger partial charge is 0.228 e. The first-order chi connectivity index (χ1) is 12.3. The van der Waals surface area contributed by atoms with Crippen molar-refractivity contribution in [3.05, 3.63) is 28.8 Å². The highest BCUT2D eigenvalue weighted by molar-refractivity contribution is 6.01. The molecule has 3 rings (SSSR count). The molecule has 2 aliphatic rings. The summed E-state index contributed by atoms with van der Waals surface area (Å²) < 4.78 is 0. The lowest BCUT2D eigenvalue weighted by Crippen LogP contribution is -2.45. The van der Waals surface area contributed by atoms with Crippen LogP contribution in [0.5, 0.6) is 0 Å². The van der Waals surface area contributed by atoms with Crippen molar-refractivity contribution in [2.45, 2.75) is 53.0 Å². The Morgan fingerprint density at radius 2 is 1.70 bits per heavy atom. The Morgan fingerprint density at radius 3 is 2.22 bits per heavy atom. The van der Waals surface area contributed by atoms with Gasteiger partial charge in [-0.1, -0.05) is 17.7 Å². The highest BCUT2D eigenvalue weighted by Gasteiger charge is 2.39. The predicted molar refractivity (Wildman–Crippen MR) is 111 cm³/mol. The third kappa shape index (κ3) is 4.46. The molecule has 2 saturated heterocycles. The lowest BCUT2D eigenvalue weighted by atomic mass is 9.90. The highest BCUT2D eigenvalue weighted by atomic mass is 35.5. The molecular formula is C21H32ClN3O2. The van der Waals surface area contributed by atoms with Crippen molar-refractivity contribution < 1.29 is 9.59 Å². The van der Waals surface area contributed by atoms with Crippen molar-refractivity contribution in [3.63, 3.8) is 0 Å². The maximum atomic E-state index is 12.9. The number of aryl methyl sites for hydroxylation is 3. The minimum atomic E-state index is -0.227. The van der Waals surface area contributed by atoms with Crippen molar-refractivity contribution >= 4 is 29.9 Å². The van der Waals surface area contributed by atoms with E-state index in [1.807, 2.05) is 30.6 Å². The third-order valence-electron chi connectivity index (χ3n) is 5.97. The first-order valence-electron chi connectivity index (χ1n) is 9.70. The Morgan fingerprint density at radius 1 is 1.15 bits per heavy atom. The number of likely N-dealkylation sites (tertiary alicyclic amines) is 1. The lowest BCUT2D eigenvalue weighted by molar-refractivity contribution is -0.137. The lowest BCUT2D eigenvalue weighted by Gasteiger charge is -2.35. The van der Waals surface area contributed by atoms with E-state index in [1.165, 1.54) is 5.56 Å². The molecule has 0 aliphatic carbocycles. The molecule has 2 atom stereocenters. The molecule has 2 heterocycles. The molecule has 2 aliphatic heterocycles. The summed E-state index contributed by atoms with van der Waals surface area (Å²) in [4.78, 5) is 29.3. The summed E-state index contributed by atoms with van der Waals surface area (Å²) in [5.74, 6) is 0.461. The Bertz CT molecular complexity index is 688. The SMILES string of the molecule is Cc1cc(C)c(N2CC(C(=O)N3CCC(C(C)N)CC3)CC2=O)c(C)c1.Cl. The maximum Gasteiger partial charge on any atom is 0.228 e. The number of carbonyl (C=O) groups excluding carboxylic acids is 2. The fraction of sp³-hybridized carbons (Fsp3) is 0.619. The van der Waals surface area contributed by atoms with E-state index in [2.05, 4.69) is 19.1 Å². The van der Waals surface area contributed by atoms with Crippen molar-refractivity contribution in [1.82, 2.24) is 4.90 Å². The van der Waals surface area contributed by atoms with Crippen molar-refractivity contribution in [2.24, 2.45) is 17.6 Å². The summed E-state index contributed by atoms with van der Waals surface area (Å²) in [5.41, 5.74) is 10.4. The summed E-state index contributed by atoms with van der Waals surface area (Å²) >= 11 is 0. The first-order valence-corrected chi connectivity index (χ1v) is 9.70. The van der Waals surface area contributed by atoms with Gasteiger partial charge in [0.05, 0.1) is 5.92 Å². The molecule has 2 amide bonds. The van der Waals surface area contributed by atoms with Gasteiger partial charge in [0.25, 0.3) is 0 Å². The van der Waals surface area contributed by atoms with Crippen LogP contribution in [0.4, 0.5) is 5.69 Å². The van der Waals surface area contributed by atoms with Crippen LogP contribution < -0.4 is 10.6 Å². The normalized spacial score (nSPS) is 22.0. The Kier molecular flexibility index (Phi) is 6.92. The van der Waals surface area contributed by atoms with Gasteiger partial charge >= 0.3 is 0 Å². The van der Waals surface area contributed by atoms with Crippen molar-refractivity contribution in [2.75, 3.05) is 24.5 Å². The molecule has 0 radical (unpaired) electrons. The van der Waals surface area contributed by atoms with Gasteiger partial charge in [-0.25, -0.2) is 0 Å². The molecule has 27 heavy (non-hydrogen) atoms. The second-order valence-electron chi connectivity index (χ2n) is 8.17. The summed E-state index contributed by atoms with van der Waals surface area (Å²) in [6, 6.07) is 4.39. The fourth-order valence-electron chi connectivity index (χ4n) is 4.59. The molecule has 5 nitrogen and oxygen atoms in total. The minimum absolute atomic E-state index is 0. The molecule has 0 bridgehead atoms. The number of nitrogens with two attached hydrogens (primary N) is 1. The van der Waals surface area contributed by atoms with Crippen LogP contribution >= 0.6 is 12.4 Å².